The summed E-state index contributed by atoms with van der Waals surface area (Å²) in [5.74, 6) is -1.87. The van der Waals surface area contributed by atoms with Crippen molar-refractivity contribution in [3.8, 4) is 0 Å². The van der Waals surface area contributed by atoms with Gasteiger partial charge in [-0.25, -0.2) is 0 Å². The van der Waals surface area contributed by atoms with E-state index < -0.39 is 11.9 Å². The second kappa shape index (κ2) is 5.47. The van der Waals surface area contributed by atoms with Crippen molar-refractivity contribution in [1.82, 2.24) is 0 Å². The number of aliphatic carboxylic acids is 1. The first kappa shape index (κ1) is 14.6. The zero-order valence-corrected chi connectivity index (χ0v) is 13.5. The number of rotatable bonds is 2. The highest BCUT2D eigenvalue weighted by Gasteiger charge is 2.40. The van der Waals surface area contributed by atoms with Crippen LogP contribution in [0, 0.1) is 5.92 Å². The predicted molar refractivity (Wildman–Crippen MR) is 88.7 cm³/mol. The number of carbonyl (C=O) groups is 2. The van der Waals surface area contributed by atoms with E-state index in [0.717, 1.165) is 15.6 Å². The van der Waals surface area contributed by atoms with Crippen molar-refractivity contribution >= 4 is 57.4 Å². The number of thiocarbonyl (C=S) groups is 1. The van der Waals surface area contributed by atoms with Gasteiger partial charge < -0.3 is 10.0 Å². The monoisotopic (exact) mass is 337 g/mol. The van der Waals surface area contributed by atoms with Crippen molar-refractivity contribution in [2.24, 2.45) is 5.92 Å². The number of carbonyl (C=O) groups excluding carboxylic acids is 1. The van der Waals surface area contributed by atoms with E-state index in [9.17, 15) is 9.59 Å². The van der Waals surface area contributed by atoms with Crippen molar-refractivity contribution in [2.75, 3.05) is 11.9 Å². The van der Waals surface area contributed by atoms with Gasteiger partial charge in [-0.05, 0) is 12.1 Å². The fraction of sp³-hybridized carbons (Fsp3) is 0.214. The molecule has 7 heteroatoms. The smallest absolute Gasteiger partial charge is 0.304 e. The van der Waals surface area contributed by atoms with Gasteiger partial charge in [0.1, 0.15) is 0 Å². The van der Waals surface area contributed by atoms with Gasteiger partial charge in [-0.15, -0.1) is 0 Å². The van der Waals surface area contributed by atoms with Gasteiger partial charge in [-0.3, -0.25) is 9.59 Å². The number of Topliss-reactive ketones (excluding diaryl/α,β-unsaturated/α-hetero) is 1. The lowest BCUT2D eigenvalue weighted by Crippen LogP contribution is -2.19. The molecular weight excluding hydrogens is 326 g/mol. The molecule has 0 aliphatic carbocycles. The summed E-state index contributed by atoms with van der Waals surface area (Å²) in [7, 11) is 1.91. The highest BCUT2D eigenvalue weighted by molar-refractivity contribution is 8.27. The van der Waals surface area contributed by atoms with Crippen LogP contribution >= 0.6 is 35.7 Å². The minimum Gasteiger partial charge on any atom is -0.481 e. The van der Waals surface area contributed by atoms with Gasteiger partial charge in [0.05, 0.1) is 32.2 Å². The van der Waals surface area contributed by atoms with Crippen molar-refractivity contribution in [1.29, 1.82) is 0 Å². The molecule has 0 spiro atoms. The minimum absolute atomic E-state index is 0.172. The molecule has 21 heavy (non-hydrogen) atoms. The number of carboxylic acids is 1. The number of fused-ring (bicyclic) bond motifs is 1. The van der Waals surface area contributed by atoms with Crippen LogP contribution in [0.4, 0.5) is 5.69 Å². The van der Waals surface area contributed by atoms with E-state index in [-0.39, 0.29) is 12.2 Å². The SMILES string of the molecule is CN1/C(=C2\SC(=S)C(CC(=O)O)C2=O)Sc2ccccc21. The van der Waals surface area contributed by atoms with Crippen LogP contribution in [-0.2, 0) is 9.59 Å². The molecule has 4 nitrogen and oxygen atoms in total. The molecule has 1 aromatic rings. The molecule has 1 aromatic carbocycles. The van der Waals surface area contributed by atoms with Crippen molar-refractivity contribution in [3.05, 3.63) is 34.2 Å². The van der Waals surface area contributed by atoms with E-state index in [1.807, 2.05) is 36.2 Å². The normalized spacial score (nSPS) is 24.6. The molecule has 1 N–H and O–H groups in total. The third-order valence-electron chi connectivity index (χ3n) is 3.34. The number of thioether (sulfide) groups is 2. The Balaban J connectivity index is 1.97. The molecule has 0 amide bonds. The summed E-state index contributed by atoms with van der Waals surface area (Å²) in [6.45, 7) is 0. The second-order valence-electron chi connectivity index (χ2n) is 4.70. The quantitative estimate of drug-likeness (QED) is 0.657. The molecule has 1 saturated heterocycles. The van der Waals surface area contributed by atoms with Gasteiger partial charge in [-0.1, -0.05) is 47.9 Å². The molecule has 1 fully saturated rings. The first-order chi connectivity index (χ1) is 9.99. The lowest BCUT2D eigenvalue weighted by Gasteiger charge is -2.14. The molecule has 2 heterocycles. The second-order valence-corrected chi connectivity index (χ2v) is 7.48. The zero-order chi connectivity index (χ0) is 15.1. The van der Waals surface area contributed by atoms with E-state index >= 15 is 0 Å². The molecule has 108 valence electrons. The zero-order valence-electron chi connectivity index (χ0n) is 11.0. The van der Waals surface area contributed by atoms with Crippen LogP contribution < -0.4 is 4.90 Å². The standard InChI is InChI=1S/C14H11NO3S3/c1-15-8-4-2-3-5-9(8)20-13(15)12-11(18)7(6-10(16)17)14(19)21-12/h2-5,7H,6H2,1H3,(H,16,17)/b13-12+. The topological polar surface area (TPSA) is 57.6 Å². The van der Waals surface area contributed by atoms with Gasteiger partial charge >= 0.3 is 5.97 Å². The van der Waals surface area contributed by atoms with Gasteiger partial charge in [0.15, 0.2) is 5.78 Å². The number of anilines is 1. The molecule has 3 rings (SSSR count). The van der Waals surface area contributed by atoms with E-state index in [1.165, 1.54) is 23.5 Å². The van der Waals surface area contributed by atoms with Crippen LogP contribution in [0.3, 0.4) is 0 Å². The Kier molecular flexibility index (Phi) is 3.81. The number of hydrogen-bond donors (Lipinski definition) is 1. The highest BCUT2D eigenvalue weighted by atomic mass is 32.2. The number of allylic oxidation sites excluding steroid dienone is 1. The maximum absolute atomic E-state index is 12.5. The largest absolute Gasteiger partial charge is 0.481 e. The molecule has 0 aromatic heterocycles. The summed E-state index contributed by atoms with van der Waals surface area (Å²) in [5.41, 5.74) is 1.05. The number of benzene rings is 1. The minimum atomic E-state index is -1.00. The van der Waals surface area contributed by atoms with Crippen LogP contribution in [0.15, 0.2) is 39.1 Å². The average Bonchev–Trinajstić information content (AvgIpc) is 2.91. The van der Waals surface area contributed by atoms with Crippen LogP contribution in [0.5, 0.6) is 0 Å². The van der Waals surface area contributed by atoms with Crippen LogP contribution in [0.25, 0.3) is 0 Å². The maximum Gasteiger partial charge on any atom is 0.304 e. The van der Waals surface area contributed by atoms with Crippen molar-refractivity contribution in [2.45, 2.75) is 11.3 Å². The van der Waals surface area contributed by atoms with Gasteiger partial charge in [-0.2, -0.15) is 0 Å². The highest BCUT2D eigenvalue weighted by Crippen LogP contribution is 2.50. The molecule has 1 unspecified atom stereocenters. The fourth-order valence-corrected chi connectivity index (χ4v) is 5.07. The Morgan fingerprint density at radius 2 is 2.10 bits per heavy atom. The lowest BCUT2D eigenvalue weighted by molar-refractivity contribution is -0.139. The van der Waals surface area contributed by atoms with E-state index in [2.05, 4.69) is 0 Å². The molecule has 2 aliphatic rings. The summed E-state index contributed by atoms with van der Waals surface area (Å²) in [4.78, 5) is 26.9. The third-order valence-corrected chi connectivity index (χ3v) is 6.32. The Hall–Kier alpha value is -1.31. The molecule has 0 saturated carbocycles. The lowest BCUT2D eigenvalue weighted by atomic mass is 10.0. The number of ketones is 1. The predicted octanol–water partition coefficient (Wildman–Crippen LogP) is 3.13. The van der Waals surface area contributed by atoms with E-state index in [1.54, 1.807) is 0 Å². The summed E-state index contributed by atoms with van der Waals surface area (Å²) in [5, 5.41) is 9.74. The molecule has 0 bridgehead atoms. The van der Waals surface area contributed by atoms with Crippen LogP contribution in [0.2, 0.25) is 0 Å². The average molecular weight is 337 g/mol. The number of nitrogens with zero attached hydrogens (tertiary/aromatic N) is 1. The summed E-state index contributed by atoms with van der Waals surface area (Å²) in [6.07, 6.45) is -0.233. The Bertz CT molecular complexity index is 698. The van der Waals surface area contributed by atoms with Crippen molar-refractivity contribution in [3.63, 3.8) is 0 Å². The summed E-state index contributed by atoms with van der Waals surface area (Å²) >= 11 is 7.95. The van der Waals surface area contributed by atoms with Crippen LogP contribution in [0.1, 0.15) is 6.42 Å². The van der Waals surface area contributed by atoms with E-state index in [4.69, 9.17) is 17.3 Å². The molecule has 0 radical (unpaired) electrons. The summed E-state index contributed by atoms with van der Waals surface area (Å²) < 4.78 is 0.454. The number of carboxylic acid groups (broad SMARTS) is 1. The number of hydrogen-bond acceptors (Lipinski definition) is 6. The number of para-hydroxylation sites is 1. The first-order valence-corrected chi connectivity index (χ1v) is 8.25. The maximum atomic E-state index is 12.5. The Morgan fingerprint density at radius 1 is 1.38 bits per heavy atom. The van der Waals surface area contributed by atoms with Gasteiger partial charge in [0.2, 0.25) is 0 Å². The fourth-order valence-electron chi connectivity index (χ4n) is 2.29. The van der Waals surface area contributed by atoms with Crippen molar-refractivity contribution < 1.29 is 14.7 Å². The van der Waals surface area contributed by atoms with E-state index in [0.29, 0.717) is 9.10 Å². The molecular formula is C14H11NO3S3. The Labute approximate surface area is 135 Å². The molecule has 1 atom stereocenters. The molecule has 2 aliphatic heterocycles. The Morgan fingerprint density at radius 3 is 2.76 bits per heavy atom. The summed E-state index contributed by atoms with van der Waals surface area (Å²) in [6, 6.07) is 7.90. The van der Waals surface area contributed by atoms with Crippen LogP contribution in [-0.4, -0.2) is 28.1 Å². The first-order valence-electron chi connectivity index (χ1n) is 6.21. The van der Waals surface area contributed by atoms with Gasteiger partial charge in [0, 0.05) is 11.9 Å². The third kappa shape index (κ3) is 2.49. The van der Waals surface area contributed by atoms with Gasteiger partial charge in [0.25, 0.3) is 0 Å².